The van der Waals surface area contributed by atoms with Crippen LogP contribution in [-0.4, -0.2) is 42.4 Å². The quantitative estimate of drug-likeness (QED) is 0.850. The Hall–Kier alpha value is -0.290. The minimum absolute atomic E-state index is 0.160. The Kier molecular flexibility index (Phi) is 4.54. The third-order valence-electron chi connectivity index (χ3n) is 4.21. The van der Waals surface area contributed by atoms with Crippen LogP contribution in [0.5, 0.6) is 0 Å². The zero-order chi connectivity index (χ0) is 13.3. The molecular formula is C13H21F3O2. The van der Waals surface area contributed by atoms with Crippen LogP contribution < -0.4 is 0 Å². The molecule has 0 aromatic heterocycles. The Morgan fingerprint density at radius 3 is 2.50 bits per heavy atom. The van der Waals surface area contributed by atoms with Gasteiger partial charge in [0.05, 0.1) is 12.2 Å². The molecule has 2 aliphatic rings. The van der Waals surface area contributed by atoms with Crippen LogP contribution in [0.3, 0.4) is 0 Å². The average molecular weight is 266 g/mol. The first-order valence-corrected chi connectivity index (χ1v) is 6.78. The van der Waals surface area contributed by atoms with Crippen molar-refractivity contribution in [1.82, 2.24) is 0 Å². The van der Waals surface area contributed by atoms with Crippen LogP contribution in [0, 0.1) is 11.8 Å². The fourth-order valence-electron chi connectivity index (χ4n) is 3.26. The van der Waals surface area contributed by atoms with Crippen molar-refractivity contribution in [2.75, 3.05) is 6.61 Å². The number of alkyl halides is 3. The standard InChI is InChI=1S/C13H21F3O2/c1-2-5-18-9-4-3-7-6-8(17)11(14)13(16)10(7)12(9)15/h7-13,17H,2-6H2,1H3. The summed E-state index contributed by atoms with van der Waals surface area (Å²) in [6, 6.07) is 0. The number of rotatable bonds is 3. The second-order valence-corrected chi connectivity index (χ2v) is 5.46. The van der Waals surface area contributed by atoms with Gasteiger partial charge in [-0.2, -0.15) is 0 Å². The first kappa shape index (κ1) is 14.1. The van der Waals surface area contributed by atoms with Gasteiger partial charge in [0.25, 0.3) is 0 Å². The van der Waals surface area contributed by atoms with Gasteiger partial charge in [-0.3, -0.25) is 0 Å². The lowest BCUT2D eigenvalue weighted by Crippen LogP contribution is -2.54. The Morgan fingerprint density at radius 2 is 1.83 bits per heavy atom. The highest BCUT2D eigenvalue weighted by atomic mass is 19.2. The summed E-state index contributed by atoms with van der Waals surface area (Å²) in [4.78, 5) is 0. The van der Waals surface area contributed by atoms with Crippen molar-refractivity contribution in [3.05, 3.63) is 0 Å². The molecule has 2 aliphatic carbocycles. The van der Waals surface area contributed by atoms with Crippen molar-refractivity contribution < 1.29 is 23.0 Å². The van der Waals surface area contributed by atoms with Crippen molar-refractivity contribution in [3.8, 4) is 0 Å². The summed E-state index contributed by atoms with van der Waals surface area (Å²) in [6.45, 7) is 2.37. The molecule has 1 N–H and O–H groups in total. The number of halogens is 3. The smallest absolute Gasteiger partial charge is 0.157 e. The highest BCUT2D eigenvalue weighted by Crippen LogP contribution is 2.45. The van der Waals surface area contributed by atoms with Gasteiger partial charge in [-0.05, 0) is 31.6 Å². The van der Waals surface area contributed by atoms with Gasteiger partial charge < -0.3 is 9.84 Å². The molecule has 0 spiro atoms. The third-order valence-corrected chi connectivity index (χ3v) is 4.21. The monoisotopic (exact) mass is 266 g/mol. The zero-order valence-corrected chi connectivity index (χ0v) is 10.6. The number of aliphatic hydroxyl groups is 1. The fourth-order valence-corrected chi connectivity index (χ4v) is 3.26. The maximum Gasteiger partial charge on any atom is 0.157 e. The van der Waals surface area contributed by atoms with Crippen molar-refractivity contribution in [2.45, 2.75) is 63.3 Å². The van der Waals surface area contributed by atoms with Gasteiger partial charge in [-0.25, -0.2) is 13.2 Å². The topological polar surface area (TPSA) is 29.5 Å². The zero-order valence-electron chi connectivity index (χ0n) is 10.6. The highest BCUT2D eigenvalue weighted by Gasteiger charge is 2.52. The van der Waals surface area contributed by atoms with Crippen LogP contribution in [-0.2, 0) is 4.74 Å². The molecular weight excluding hydrogens is 245 g/mol. The second-order valence-electron chi connectivity index (χ2n) is 5.46. The lowest BCUT2D eigenvalue weighted by Gasteiger charge is -2.45. The van der Waals surface area contributed by atoms with E-state index in [4.69, 9.17) is 4.74 Å². The van der Waals surface area contributed by atoms with Crippen molar-refractivity contribution >= 4 is 0 Å². The minimum Gasteiger partial charge on any atom is -0.390 e. The molecule has 106 valence electrons. The first-order chi connectivity index (χ1) is 8.56. The average Bonchev–Trinajstić information content (AvgIpc) is 2.35. The van der Waals surface area contributed by atoms with Gasteiger partial charge in [0.1, 0.15) is 12.3 Å². The Labute approximate surface area is 106 Å². The molecule has 2 saturated carbocycles. The molecule has 2 nitrogen and oxygen atoms in total. The molecule has 0 saturated heterocycles. The van der Waals surface area contributed by atoms with Crippen LogP contribution >= 0.6 is 0 Å². The van der Waals surface area contributed by atoms with E-state index in [1.54, 1.807) is 0 Å². The Bertz CT molecular complexity index is 275. The summed E-state index contributed by atoms with van der Waals surface area (Å²) in [5, 5.41) is 9.41. The van der Waals surface area contributed by atoms with E-state index in [2.05, 4.69) is 0 Å². The minimum atomic E-state index is -1.96. The largest absolute Gasteiger partial charge is 0.390 e. The van der Waals surface area contributed by atoms with Gasteiger partial charge >= 0.3 is 0 Å². The number of aliphatic hydroxyl groups excluding tert-OH is 1. The number of hydrogen-bond acceptors (Lipinski definition) is 2. The molecule has 2 rings (SSSR count). The second kappa shape index (κ2) is 5.78. The summed E-state index contributed by atoms with van der Waals surface area (Å²) < 4.78 is 47.0. The van der Waals surface area contributed by atoms with E-state index in [1.165, 1.54) is 0 Å². The summed E-state index contributed by atoms with van der Waals surface area (Å²) >= 11 is 0. The van der Waals surface area contributed by atoms with Crippen LogP contribution in [0.4, 0.5) is 13.2 Å². The van der Waals surface area contributed by atoms with E-state index in [9.17, 15) is 18.3 Å². The van der Waals surface area contributed by atoms with Crippen LogP contribution in [0.1, 0.15) is 32.6 Å². The molecule has 0 bridgehead atoms. The first-order valence-electron chi connectivity index (χ1n) is 6.78. The summed E-state index contributed by atoms with van der Waals surface area (Å²) in [7, 11) is 0. The van der Waals surface area contributed by atoms with E-state index in [-0.39, 0.29) is 12.3 Å². The molecule has 0 aromatic rings. The molecule has 0 radical (unpaired) electrons. The van der Waals surface area contributed by atoms with Crippen molar-refractivity contribution in [3.63, 3.8) is 0 Å². The Morgan fingerprint density at radius 1 is 1.11 bits per heavy atom. The van der Waals surface area contributed by atoms with Gasteiger partial charge in [0, 0.05) is 12.5 Å². The Balaban J connectivity index is 2.04. The molecule has 0 aromatic carbocycles. The van der Waals surface area contributed by atoms with Gasteiger partial charge in [-0.1, -0.05) is 6.92 Å². The number of hydrogen-bond donors (Lipinski definition) is 1. The lowest BCUT2D eigenvalue weighted by molar-refractivity contribution is -0.138. The van der Waals surface area contributed by atoms with Crippen molar-refractivity contribution in [1.29, 1.82) is 0 Å². The highest BCUT2D eigenvalue weighted by molar-refractivity contribution is 5.00. The molecule has 18 heavy (non-hydrogen) atoms. The molecule has 7 unspecified atom stereocenters. The van der Waals surface area contributed by atoms with E-state index < -0.39 is 36.6 Å². The fraction of sp³-hybridized carbons (Fsp3) is 1.00. The third kappa shape index (κ3) is 2.52. The molecule has 0 aliphatic heterocycles. The summed E-state index contributed by atoms with van der Waals surface area (Å²) in [5.41, 5.74) is 0. The molecule has 7 atom stereocenters. The summed E-state index contributed by atoms with van der Waals surface area (Å²) in [5.74, 6) is -1.22. The van der Waals surface area contributed by atoms with Gasteiger partial charge in [0.2, 0.25) is 0 Å². The van der Waals surface area contributed by atoms with Gasteiger partial charge in [-0.15, -0.1) is 0 Å². The van der Waals surface area contributed by atoms with E-state index in [0.717, 1.165) is 6.42 Å². The predicted molar refractivity (Wildman–Crippen MR) is 61.6 cm³/mol. The maximum absolute atomic E-state index is 14.2. The molecule has 0 heterocycles. The maximum atomic E-state index is 14.2. The van der Waals surface area contributed by atoms with Crippen molar-refractivity contribution in [2.24, 2.45) is 11.8 Å². The van der Waals surface area contributed by atoms with Crippen LogP contribution in [0.2, 0.25) is 0 Å². The molecule has 2 fully saturated rings. The van der Waals surface area contributed by atoms with E-state index >= 15 is 0 Å². The lowest BCUT2D eigenvalue weighted by atomic mass is 9.66. The van der Waals surface area contributed by atoms with Gasteiger partial charge in [0.15, 0.2) is 6.17 Å². The predicted octanol–water partition coefficient (Wildman–Crippen LogP) is 2.59. The normalized spacial score (nSPS) is 48.8. The number of ether oxygens (including phenoxy) is 1. The van der Waals surface area contributed by atoms with Crippen LogP contribution in [0.25, 0.3) is 0 Å². The van der Waals surface area contributed by atoms with E-state index in [1.807, 2.05) is 6.92 Å². The summed E-state index contributed by atoms with van der Waals surface area (Å²) in [6.07, 6.45) is -5.18. The number of fused-ring (bicyclic) bond motifs is 1. The van der Waals surface area contributed by atoms with E-state index in [0.29, 0.717) is 19.4 Å². The molecule has 5 heteroatoms. The van der Waals surface area contributed by atoms with Crippen LogP contribution in [0.15, 0.2) is 0 Å². The molecule has 0 amide bonds. The SMILES string of the molecule is CCCOC1CCC2CC(O)C(F)C(F)C2C1F.